The number of amides is 2. The summed E-state index contributed by atoms with van der Waals surface area (Å²) in [4.78, 5) is 18.9. The summed E-state index contributed by atoms with van der Waals surface area (Å²) in [5.41, 5.74) is 2.01. The Kier molecular flexibility index (Phi) is 6.52. The molecule has 0 bridgehead atoms. The minimum atomic E-state index is -0.200. The molecule has 2 N–H and O–H groups in total. The van der Waals surface area contributed by atoms with Crippen LogP contribution >= 0.6 is 0 Å². The van der Waals surface area contributed by atoms with E-state index in [1.807, 2.05) is 50.4 Å². The second kappa shape index (κ2) is 9.26. The zero-order chi connectivity index (χ0) is 19.1. The molecule has 2 amide bonds. The lowest BCUT2D eigenvalue weighted by atomic mass is 10.2. The number of hydrogen-bond acceptors (Lipinski definition) is 4. The predicted molar refractivity (Wildman–Crippen MR) is 107 cm³/mol. The van der Waals surface area contributed by atoms with Crippen LogP contribution in [-0.4, -0.2) is 30.2 Å². The molecule has 0 radical (unpaired) electrons. The number of anilines is 1. The molecule has 0 aliphatic carbocycles. The minimum absolute atomic E-state index is 0.0940. The summed E-state index contributed by atoms with van der Waals surface area (Å²) in [6.07, 6.45) is 4.34. The van der Waals surface area contributed by atoms with E-state index in [-0.39, 0.29) is 12.1 Å². The highest BCUT2D eigenvalue weighted by atomic mass is 16.5. The van der Waals surface area contributed by atoms with Crippen molar-refractivity contribution >= 4 is 11.8 Å². The number of aromatic nitrogens is 1. The molecule has 0 saturated carbocycles. The van der Waals surface area contributed by atoms with Gasteiger partial charge in [-0.15, -0.1) is 0 Å². The summed E-state index contributed by atoms with van der Waals surface area (Å²) >= 11 is 0. The van der Waals surface area contributed by atoms with Crippen molar-refractivity contribution in [3.8, 4) is 5.75 Å². The molecule has 1 aromatic carbocycles. The van der Waals surface area contributed by atoms with Gasteiger partial charge in [0, 0.05) is 37.9 Å². The Morgan fingerprint density at radius 1 is 1.15 bits per heavy atom. The lowest BCUT2D eigenvalue weighted by molar-refractivity contribution is 0.235. The molecular weight excluding hydrogens is 340 g/mol. The number of pyridine rings is 1. The Balaban J connectivity index is 1.50. The number of nitrogens with one attached hydrogen (secondary N) is 2. The molecule has 6 nitrogen and oxygen atoms in total. The van der Waals surface area contributed by atoms with Crippen molar-refractivity contribution in [3.63, 3.8) is 0 Å². The second-order valence-corrected chi connectivity index (χ2v) is 7.03. The SMILES string of the molecule is CC(C)Oc1ccccc1CNC(=O)NCc1ccnc(N2CCCC2)c1. The fraction of sp³-hybridized carbons (Fsp3) is 0.429. The number of nitrogens with zero attached hydrogens (tertiary/aromatic N) is 2. The van der Waals surface area contributed by atoms with Crippen molar-refractivity contribution in [2.75, 3.05) is 18.0 Å². The van der Waals surface area contributed by atoms with E-state index >= 15 is 0 Å². The van der Waals surface area contributed by atoms with E-state index in [2.05, 4.69) is 26.6 Å². The van der Waals surface area contributed by atoms with Crippen molar-refractivity contribution < 1.29 is 9.53 Å². The molecular formula is C21H28N4O2. The van der Waals surface area contributed by atoms with E-state index in [4.69, 9.17) is 4.74 Å². The smallest absolute Gasteiger partial charge is 0.315 e. The molecule has 0 unspecified atom stereocenters. The lowest BCUT2D eigenvalue weighted by Gasteiger charge is -2.17. The number of urea groups is 1. The van der Waals surface area contributed by atoms with Gasteiger partial charge < -0.3 is 20.3 Å². The van der Waals surface area contributed by atoms with Gasteiger partial charge in [-0.05, 0) is 50.5 Å². The fourth-order valence-electron chi connectivity index (χ4n) is 3.13. The van der Waals surface area contributed by atoms with E-state index in [0.29, 0.717) is 13.1 Å². The zero-order valence-electron chi connectivity index (χ0n) is 16.1. The van der Waals surface area contributed by atoms with Crippen molar-refractivity contribution in [2.24, 2.45) is 0 Å². The normalized spacial score (nSPS) is 13.7. The maximum absolute atomic E-state index is 12.2. The van der Waals surface area contributed by atoms with Gasteiger partial charge in [-0.3, -0.25) is 0 Å². The van der Waals surface area contributed by atoms with Crippen LogP contribution in [0.1, 0.15) is 37.8 Å². The predicted octanol–water partition coefficient (Wildman–Crippen LogP) is 3.47. The van der Waals surface area contributed by atoms with E-state index in [0.717, 1.165) is 35.8 Å². The van der Waals surface area contributed by atoms with Gasteiger partial charge >= 0.3 is 6.03 Å². The third-order valence-corrected chi connectivity index (χ3v) is 4.47. The molecule has 1 aliphatic heterocycles. The highest BCUT2D eigenvalue weighted by molar-refractivity contribution is 5.74. The summed E-state index contributed by atoms with van der Waals surface area (Å²) in [6, 6.07) is 11.5. The van der Waals surface area contributed by atoms with Crippen molar-refractivity contribution in [1.82, 2.24) is 15.6 Å². The molecule has 6 heteroatoms. The Morgan fingerprint density at radius 3 is 2.67 bits per heavy atom. The van der Waals surface area contributed by atoms with Crippen LogP contribution in [-0.2, 0) is 13.1 Å². The average molecular weight is 368 g/mol. The summed E-state index contributed by atoms with van der Waals surface area (Å²) in [5.74, 6) is 1.80. The summed E-state index contributed by atoms with van der Waals surface area (Å²) in [5, 5.41) is 5.81. The van der Waals surface area contributed by atoms with Crippen LogP contribution in [0.5, 0.6) is 5.75 Å². The molecule has 1 aromatic heterocycles. The van der Waals surface area contributed by atoms with Gasteiger partial charge in [0.05, 0.1) is 6.10 Å². The van der Waals surface area contributed by atoms with Crippen LogP contribution in [0, 0.1) is 0 Å². The molecule has 144 valence electrons. The lowest BCUT2D eigenvalue weighted by Crippen LogP contribution is -2.34. The number of carbonyl (C=O) groups is 1. The topological polar surface area (TPSA) is 66.5 Å². The number of carbonyl (C=O) groups excluding carboxylic acids is 1. The van der Waals surface area contributed by atoms with E-state index < -0.39 is 0 Å². The van der Waals surface area contributed by atoms with Crippen LogP contribution in [0.15, 0.2) is 42.6 Å². The first kappa shape index (κ1) is 19.0. The quantitative estimate of drug-likeness (QED) is 0.785. The molecule has 27 heavy (non-hydrogen) atoms. The van der Waals surface area contributed by atoms with Gasteiger partial charge in [0.2, 0.25) is 0 Å². The largest absolute Gasteiger partial charge is 0.491 e. The molecule has 0 spiro atoms. The van der Waals surface area contributed by atoms with Crippen molar-refractivity contribution in [1.29, 1.82) is 0 Å². The van der Waals surface area contributed by atoms with Gasteiger partial charge in [0.15, 0.2) is 0 Å². The number of rotatable bonds is 7. The van der Waals surface area contributed by atoms with Crippen LogP contribution in [0.2, 0.25) is 0 Å². The maximum Gasteiger partial charge on any atom is 0.315 e. The maximum atomic E-state index is 12.2. The Labute approximate surface area is 160 Å². The van der Waals surface area contributed by atoms with Crippen LogP contribution < -0.4 is 20.3 Å². The second-order valence-electron chi connectivity index (χ2n) is 7.03. The summed E-state index contributed by atoms with van der Waals surface area (Å²) in [7, 11) is 0. The Morgan fingerprint density at radius 2 is 1.89 bits per heavy atom. The molecule has 2 heterocycles. The van der Waals surface area contributed by atoms with E-state index in [9.17, 15) is 4.79 Å². The number of para-hydroxylation sites is 1. The van der Waals surface area contributed by atoms with Gasteiger partial charge in [0.25, 0.3) is 0 Å². The van der Waals surface area contributed by atoms with Crippen molar-refractivity contribution in [3.05, 3.63) is 53.7 Å². The van der Waals surface area contributed by atoms with Gasteiger partial charge in [-0.2, -0.15) is 0 Å². The fourth-order valence-corrected chi connectivity index (χ4v) is 3.13. The average Bonchev–Trinajstić information content (AvgIpc) is 3.20. The van der Waals surface area contributed by atoms with Gasteiger partial charge in [0.1, 0.15) is 11.6 Å². The van der Waals surface area contributed by atoms with Crippen molar-refractivity contribution in [2.45, 2.75) is 45.9 Å². The Bertz CT molecular complexity index is 757. The minimum Gasteiger partial charge on any atom is -0.491 e. The molecule has 1 fully saturated rings. The van der Waals surface area contributed by atoms with Crippen LogP contribution in [0.25, 0.3) is 0 Å². The Hall–Kier alpha value is -2.76. The highest BCUT2D eigenvalue weighted by Crippen LogP contribution is 2.19. The molecule has 1 aliphatic rings. The van der Waals surface area contributed by atoms with Gasteiger partial charge in [-0.25, -0.2) is 9.78 Å². The van der Waals surface area contributed by atoms with E-state index in [1.54, 1.807) is 0 Å². The van der Waals surface area contributed by atoms with E-state index in [1.165, 1.54) is 12.8 Å². The number of benzene rings is 1. The first-order chi connectivity index (χ1) is 13.1. The summed E-state index contributed by atoms with van der Waals surface area (Å²) < 4.78 is 5.79. The van der Waals surface area contributed by atoms with Crippen LogP contribution in [0.3, 0.4) is 0 Å². The first-order valence-electron chi connectivity index (χ1n) is 9.58. The molecule has 1 saturated heterocycles. The van der Waals surface area contributed by atoms with Crippen LogP contribution in [0.4, 0.5) is 10.6 Å². The number of hydrogen-bond donors (Lipinski definition) is 2. The third-order valence-electron chi connectivity index (χ3n) is 4.47. The van der Waals surface area contributed by atoms with Gasteiger partial charge in [-0.1, -0.05) is 18.2 Å². The summed E-state index contributed by atoms with van der Waals surface area (Å²) in [6.45, 7) is 6.98. The first-order valence-corrected chi connectivity index (χ1v) is 9.58. The highest BCUT2D eigenvalue weighted by Gasteiger charge is 2.13. The third kappa shape index (κ3) is 5.61. The standard InChI is InChI=1S/C21H28N4O2/c1-16(2)27-19-8-4-3-7-18(19)15-24-21(26)23-14-17-9-10-22-20(13-17)25-11-5-6-12-25/h3-4,7-10,13,16H,5-6,11-12,14-15H2,1-2H3,(H2,23,24,26). The molecule has 3 rings (SSSR count). The zero-order valence-corrected chi connectivity index (χ0v) is 16.1. The molecule has 0 atom stereocenters. The monoisotopic (exact) mass is 368 g/mol. The number of ether oxygens (including phenoxy) is 1. The molecule has 2 aromatic rings.